The van der Waals surface area contributed by atoms with Gasteiger partial charge in [0.25, 0.3) is 0 Å². The summed E-state index contributed by atoms with van der Waals surface area (Å²) in [5.41, 5.74) is 5.22. The van der Waals surface area contributed by atoms with Crippen LogP contribution >= 0.6 is 12.2 Å². The maximum Gasteiger partial charge on any atom is 0.409 e. The molecular weight excluding hydrogens is 298 g/mol. The minimum Gasteiger partial charge on any atom is -0.392 e. The molecule has 0 aromatic carbocycles. The molecule has 0 spiro atoms. The molecule has 1 fully saturated rings. The third-order valence-corrected chi connectivity index (χ3v) is 3.04. The van der Waals surface area contributed by atoms with Crippen LogP contribution in [0.2, 0.25) is 0 Å². The number of hydrogen-bond donors (Lipinski definition) is 1. The number of carbonyl (C=O) groups excluding carboxylic acids is 1. The van der Waals surface area contributed by atoms with Crippen LogP contribution in [0.25, 0.3) is 0 Å². The number of rotatable bonds is 2. The van der Waals surface area contributed by atoms with Crippen LogP contribution in [-0.4, -0.2) is 40.7 Å². The second kappa shape index (κ2) is 5.14. The molecule has 10 heteroatoms. The van der Waals surface area contributed by atoms with Crippen molar-refractivity contribution in [3.8, 4) is 0 Å². The lowest BCUT2D eigenvalue weighted by Crippen LogP contribution is -2.53. The van der Waals surface area contributed by atoms with Gasteiger partial charge in [-0.3, -0.25) is 4.79 Å². The lowest BCUT2D eigenvalue weighted by atomic mass is 10.1. The van der Waals surface area contributed by atoms with E-state index in [0.717, 1.165) is 0 Å². The van der Waals surface area contributed by atoms with Crippen molar-refractivity contribution in [1.29, 1.82) is 0 Å². The predicted molar refractivity (Wildman–Crippen MR) is 57.1 cm³/mol. The molecule has 19 heavy (non-hydrogen) atoms. The Bertz CT molecular complexity index is 366. The molecule has 1 amide bonds. The van der Waals surface area contributed by atoms with E-state index in [-0.39, 0.29) is 24.4 Å². The molecular formula is C9H10F6N2OS. The van der Waals surface area contributed by atoms with E-state index in [1.807, 2.05) is 0 Å². The predicted octanol–water partition coefficient (Wildman–Crippen LogP) is 2.00. The highest BCUT2D eigenvalue weighted by Crippen LogP contribution is 2.41. The van der Waals surface area contributed by atoms with Crippen molar-refractivity contribution < 1.29 is 31.1 Å². The van der Waals surface area contributed by atoms with Gasteiger partial charge in [-0.15, -0.1) is 0 Å². The van der Waals surface area contributed by atoms with Crippen LogP contribution in [0.4, 0.5) is 26.3 Å². The first kappa shape index (κ1) is 16.0. The van der Waals surface area contributed by atoms with Crippen molar-refractivity contribution in [2.45, 2.75) is 31.2 Å². The van der Waals surface area contributed by atoms with E-state index in [0.29, 0.717) is 4.90 Å². The maximum absolute atomic E-state index is 12.4. The summed E-state index contributed by atoms with van der Waals surface area (Å²) in [6.45, 7) is -0.219. The van der Waals surface area contributed by atoms with Gasteiger partial charge in [0, 0.05) is 6.54 Å². The fraction of sp³-hybridized carbons (Fsp3) is 0.778. The first-order valence-electron chi connectivity index (χ1n) is 5.19. The molecule has 0 bridgehead atoms. The normalized spacial score (nSPS) is 21.0. The largest absolute Gasteiger partial charge is 0.409 e. The van der Waals surface area contributed by atoms with Crippen LogP contribution in [-0.2, 0) is 4.79 Å². The summed E-state index contributed by atoms with van der Waals surface area (Å²) in [7, 11) is 0. The Morgan fingerprint density at radius 2 is 1.68 bits per heavy atom. The van der Waals surface area contributed by atoms with E-state index >= 15 is 0 Å². The third kappa shape index (κ3) is 3.48. The maximum atomic E-state index is 12.4. The van der Waals surface area contributed by atoms with Gasteiger partial charge in [0.05, 0.1) is 11.0 Å². The average Bonchev–Trinajstić information content (AvgIpc) is 2.59. The Labute approximate surface area is 109 Å². The summed E-state index contributed by atoms with van der Waals surface area (Å²) >= 11 is 4.55. The van der Waals surface area contributed by atoms with Crippen molar-refractivity contribution in [2.24, 2.45) is 11.7 Å². The van der Waals surface area contributed by atoms with Crippen LogP contribution in [0.5, 0.6) is 0 Å². The molecule has 1 aliphatic rings. The number of halogens is 6. The van der Waals surface area contributed by atoms with Crippen molar-refractivity contribution >= 4 is 23.1 Å². The zero-order valence-electron chi connectivity index (χ0n) is 9.38. The lowest BCUT2D eigenvalue weighted by molar-refractivity contribution is -0.277. The van der Waals surface area contributed by atoms with Gasteiger partial charge in [-0.1, -0.05) is 12.2 Å². The van der Waals surface area contributed by atoms with Crippen molar-refractivity contribution in [3.05, 3.63) is 0 Å². The van der Waals surface area contributed by atoms with Gasteiger partial charge in [0.1, 0.15) is 0 Å². The number of amides is 1. The minimum atomic E-state index is -5.70. The Kier molecular flexibility index (Phi) is 4.33. The summed E-state index contributed by atoms with van der Waals surface area (Å²) in [5, 5.41) is 0. The topological polar surface area (TPSA) is 46.3 Å². The van der Waals surface area contributed by atoms with E-state index in [1.165, 1.54) is 0 Å². The van der Waals surface area contributed by atoms with Crippen LogP contribution in [0.3, 0.4) is 0 Å². The Hall–Kier alpha value is -1.06. The van der Waals surface area contributed by atoms with Gasteiger partial charge in [-0.05, 0) is 12.8 Å². The highest BCUT2D eigenvalue weighted by atomic mass is 32.1. The zero-order valence-corrected chi connectivity index (χ0v) is 10.2. The summed E-state index contributed by atoms with van der Waals surface area (Å²) in [6, 6.07) is -1.05. The van der Waals surface area contributed by atoms with Crippen LogP contribution in [0, 0.1) is 5.92 Å². The summed E-state index contributed by atoms with van der Waals surface area (Å²) < 4.78 is 74.5. The first-order chi connectivity index (χ1) is 8.46. The highest BCUT2D eigenvalue weighted by molar-refractivity contribution is 7.80. The number of nitrogens with two attached hydrogens (primary N) is 1. The first-order valence-corrected chi connectivity index (χ1v) is 5.60. The zero-order chi connectivity index (χ0) is 15.0. The second-order valence-electron chi connectivity index (χ2n) is 4.11. The molecule has 0 radical (unpaired) electrons. The van der Waals surface area contributed by atoms with Crippen LogP contribution in [0.1, 0.15) is 12.8 Å². The smallest absolute Gasteiger partial charge is 0.392 e. The van der Waals surface area contributed by atoms with E-state index in [4.69, 9.17) is 5.73 Å². The second-order valence-corrected chi connectivity index (χ2v) is 4.58. The lowest BCUT2D eigenvalue weighted by Gasteiger charge is -2.30. The Morgan fingerprint density at radius 1 is 1.21 bits per heavy atom. The SMILES string of the molecule is NC(=S)C1CCCN1C(=O)C(C(F)(F)F)C(F)(F)F. The number of thiocarbonyl (C=S) groups is 1. The molecule has 1 saturated heterocycles. The minimum absolute atomic E-state index is 0.170. The molecule has 0 saturated carbocycles. The molecule has 1 unspecified atom stereocenters. The number of nitrogens with zero attached hydrogens (tertiary/aromatic N) is 1. The number of likely N-dealkylation sites (tertiary alicyclic amines) is 1. The monoisotopic (exact) mass is 308 g/mol. The number of alkyl halides is 6. The van der Waals surface area contributed by atoms with Gasteiger partial charge >= 0.3 is 12.4 Å². The van der Waals surface area contributed by atoms with Gasteiger partial charge in [0.2, 0.25) is 11.8 Å². The molecule has 0 aliphatic carbocycles. The Balaban J connectivity index is 3.04. The van der Waals surface area contributed by atoms with Crippen LogP contribution in [0.15, 0.2) is 0 Å². The molecule has 1 heterocycles. The molecule has 110 valence electrons. The average molecular weight is 308 g/mol. The van der Waals surface area contributed by atoms with Gasteiger partial charge in [-0.2, -0.15) is 26.3 Å². The van der Waals surface area contributed by atoms with Gasteiger partial charge in [-0.25, -0.2) is 0 Å². The van der Waals surface area contributed by atoms with Crippen LogP contribution < -0.4 is 5.73 Å². The molecule has 0 aromatic heterocycles. The van der Waals surface area contributed by atoms with Gasteiger partial charge < -0.3 is 10.6 Å². The Morgan fingerprint density at radius 3 is 2.05 bits per heavy atom. The highest BCUT2D eigenvalue weighted by Gasteiger charge is 2.62. The molecule has 2 N–H and O–H groups in total. The standard InChI is InChI=1S/C9H10F6N2OS/c10-8(11,12)5(9(13,14)15)7(18)17-3-1-2-4(17)6(16)19/h4-5H,1-3H2,(H2,16,19). The fourth-order valence-electron chi connectivity index (χ4n) is 1.96. The molecule has 1 atom stereocenters. The summed E-state index contributed by atoms with van der Waals surface area (Å²) in [6.07, 6.45) is -11.0. The fourth-order valence-corrected chi connectivity index (χ4v) is 2.20. The molecule has 1 rings (SSSR count). The molecule has 0 aromatic rings. The summed E-state index contributed by atoms with van der Waals surface area (Å²) in [4.78, 5) is 11.7. The number of carbonyl (C=O) groups is 1. The summed E-state index contributed by atoms with van der Waals surface area (Å²) in [5.74, 6) is -6.08. The van der Waals surface area contributed by atoms with Gasteiger partial charge in [0.15, 0.2) is 0 Å². The van der Waals surface area contributed by atoms with E-state index in [9.17, 15) is 31.1 Å². The van der Waals surface area contributed by atoms with Crippen molar-refractivity contribution in [1.82, 2.24) is 4.90 Å². The molecule has 1 aliphatic heterocycles. The van der Waals surface area contributed by atoms with E-state index in [2.05, 4.69) is 12.2 Å². The number of hydrogen-bond acceptors (Lipinski definition) is 2. The van der Waals surface area contributed by atoms with Crippen molar-refractivity contribution in [2.75, 3.05) is 6.54 Å². The van der Waals surface area contributed by atoms with Crippen molar-refractivity contribution in [3.63, 3.8) is 0 Å². The van der Waals surface area contributed by atoms with E-state index in [1.54, 1.807) is 0 Å². The quantitative estimate of drug-likeness (QED) is 0.627. The molecule has 3 nitrogen and oxygen atoms in total. The third-order valence-electron chi connectivity index (χ3n) is 2.77. The van der Waals surface area contributed by atoms with E-state index < -0.39 is 30.2 Å².